The molecule has 0 aromatic rings. The van der Waals surface area contributed by atoms with Crippen LogP contribution in [0, 0.1) is 0 Å². The van der Waals surface area contributed by atoms with Crippen LogP contribution in [0.2, 0.25) is 0 Å². The maximum Gasteiger partial charge on any atom is 2.00 e. The Bertz CT molecular complexity index is 43.1. The molecule has 0 aliphatic carbocycles. The van der Waals surface area contributed by atoms with E-state index in [-0.39, 0.29) is 231 Å². The van der Waals surface area contributed by atoms with Gasteiger partial charge in [0.05, 0.1) is 0 Å². The molecule has 35 valence electrons. The molecule has 0 aliphatic rings. The van der Waals surface area contributed by atoms with Crippen molar-refractivity contribution in [1.82, 2.24) is 0 Å². The van der Waals surface area contributed by atoms with Crippen molar-refractivity contribution in [2.24, 2.45) is 0 Å². The molecule has 5 radical (unpaired) electrons. The fraction of sp³-hybridized carbons (Fsp3) is 0. The molecule has 0 spiro atoms. The summed E-state index contributed by atoms with van der Waals surface area (Å²) < 4.78 is 0. The molecule has 0 saturated carbocycles. The van der Waals surface area contributed by atoms with E-state index in [2.05, 4.69) is 0 Å². The van der Waals surface area contributed by atoms with E-state index in [0.717, 1.165) is 0 Å². The smallest absolute Gasteiger partial charge is 1.00 e. The third-order valence-corrected chi connectivity index (χ3v) is 0. The van der Waals surface area contributed by atoms with Crippen molar-refractivity contribution in [3.63, 3.8) is 0 Å². The molecule has 0 fully saturated rings. The van der Waals surface area contributed by atoms with Crippen molar-refractivity contribution >= 4 is 86.6 Å². The third-order valence-electron chi connectivity index (χ3n) is 0. The Morgan fingerprint density at radius 3 is 1.11 bits per heavy atom. The van der Waals surface area contributed by atoms with Gasteiger partial charge in [0.15, 0.2) is 17.4 Å². The van der Waals surface area contributed by atoms with Gasteiger partial charge in [-0.05, 0) is 0 Å². The van der Waals surface area contributed by atoms with Crippen LogP contribution in [-0.4, -0.2) is 86.6 Å². The molecule has 0 aromatic heterocycles. The quantitative estimate of drug-likeness (QED) is 0.383. The predicted molar refractivity (Wildman–Crippen MR) is 33.9 cm³/mol. The summed E-state index contributed by atoms with van der Waals surface area (Å²) in [6.07, 6.45) is 0. The molecule has 0 heterocycles. The van der Waals surface area contributed by atoms with Gasteiger partial charge in [-0.25, -0.2) is 0 Å². The van der Waals surface area contributed by atoms with Gasteiger partial charge in [-0.3, -0.25) is 0 Å². The molecule has 0 amide bonds. The summed E-state index contributed by atoms with van der Waals surface area (Å²) in [4.78, 5) is 0. The van der Waals surface area contributed by atoms with E-state index in [9.17, 15) is 0 Å². The van der Waals surface area contributed by atoms with Crippen molar-refractivity contribution in [2.45, 2.75) is 0 Å². The van der Waals surface area contributed by atoms with Crippen molar-refractivity contribution in [3.8, 4) is 0 Å². The molecule has 0 aliphatic heterocycles. The molecule has 0 nitrogen and oxygen atoms in total. The van der Waals surface area contributed by atoms with Crippen molar-refractivity contribution in [2.75, 3.05) is 0 Å². The molecule has 0 rings (SSSR count). The maximum absolute atomic E-state index is 0. The normalized spacial score (nSPS) is 0. The van der Waals surface area contributed by atoms with E-state index in [0.29, 0.717) is 0 Å². The number of hydrogen-bond donors (Lipinski definition) is 0. The Balaban J connectivity index is 0. The molecule has 9 heavy (non-hydrogen) atoms. The minimum atomic E-state index is 0. The zero-order valence-electron chi connectivity index (χ0n) is 11.5. The second-order valence-electron chi connectivity index (χ2n) is 0. The summed E-state index contributed by atoms with van der Waals surface area (Å²) in [5, 5.41) is 0. The van der Waals surface area contributed by atoms with Crippen molar-refractivity contribution < 1.29 is 145 Å². The van der Waals surface area contributed by atoms with Crippen LogP contribution in [0.15, 0.2) is 0 Å². The molecule has 0 atom stereocenters. The van der Waals surface area contributed by atoms with Gasteiger partial charge in [0.2, 0.25) is 0 Å². The number of rotatable bonds is 0. The van der Waals surface area contributed by atoms with Crippen molar-refractivity contribution in [3.05, 3.63) is 0 Å². The Labute approximate surface area is 225 Å². The zero-order valence-corrected chi connectivity index (χ0v) is 19.8. The monoisotopic (exact) mass is 343 g/mol. The van der Waals surface area contributed by atoms with E-state index < -0.39 is 0 Å². The summed E-state index contributed by atoms with van der Waals surface area (Å²) >= 11 is 0. The van der Waals surface area contributed by atoms with Crippen LogP contribution in [0.5, 0.6) is 0 Å². The second-order valence-corrected chi connectivity index (χ2v) is 0. The van der Waals surface area contributed by atoms with Crippen LogP contribution in [0.25, 0.3) is 0 Å². The van der Waals surface area contributed by atoms with E-state index in [1.165, 1.54) is 0 Å². The molecule has 9 heteroatoms. The van der Waals surface area contributed by atoms with Crippen LogP contribution in [-0.2, 0) is 55.1 Å². The molecule has 0 unspecified atom stereocenters. The SMILES string of the molecule is [AlH3].[B].[Ca+2].[H-].[H-].[H-].[H-].[H-].[H-].[K+].[Mg+2].[Mn].[Na+].[V].[Zn]. The first-order chi connectivity index (χ1) is 0. The van der Waals surface area contributed by atoms with Gasteiger partial charge < -0.3 is 8.56 Å². The molecular formula is H9AlBCaKMgMnNaVZn. The first-order valence-electron chi connectivity index (χ1n) is 0. The fourth-order valence-electron chi connectivity index (χ4n) is 0. The van der Waals surface area contributed by atoms with Crippen LogP contribution in [0.1, 0.15) is 8.56 Å². The van der Waals surface area contributed by atoms with E-state index in [4.69, 9.17) is 0 Å². The van der Waals surface area contributed by atoms with Crippen LogP contribution in [0.4, 0.5) is 0 Å². The fourth-order valence-corrected chi connectivity index (χ4v) is 0. The number of hydrogen-bond acceptors (Lipinski definition) is 0. The molecule has 0 N–H and O–H groups in total. The summed E-state index contributed by atoms with van der Waals surface area (Å²) in [6, 6.07) is 0. The van der Waals surface area contributed by atoms with Gasteiger partial charge in [0, 0.05) is 63.5 Å². The second kappa shape index (κ2) is 60.1. The minimum absolute atomic E-state index is 0. The Hall–Kier alpha value is 6.99. The third kappa shape index (κ3) is 51.8. The largest absolute Gasteiger partial charge is 2.00 e. The molecule has 0 bridgehead atoms. The van der Waals surface area contributed by atoms with Gasteiger partial charge in [-0.2, -0.15) is 0 Å². The van der Waals surface area contributed by atoms with Crippen LogP contribution >= 0.6 is 0 Å². The molecule has 0 saturated heterocycles. The maximum atomic E-state index is 0. The van der Waals surface area contributed by atoms with E-state index >= 15 is 0 Å². The predicted octanol–water partition coefficient (Wildman–Crippen LogP) is -7.65. The summed E-state index contributed by atoms with van der Waals surface area (Å²) in [5.41, 5.74) is 0. The van der Waals surface area contributed by atoms with Gasteiger partial charge in [0.25, 0.3) is 0 Å². The average molecular weight is 345 g/mol. The van der Waals surface area contributed by atoms with Gasteiger partial charge in [0.1, 0.15) is 0 Å². The average Bonchev–Trinajstić information content (AvgIpc) is 0. The van der Waals surface area contributed by atoms with Crippen LogP contribution < -0.4 is 80.9 Å². The van der Waals surface area contributed by atoms with E-state index in [1.54, 1.807) is 0 Å². The standard InChI is InChI=1S/Al.B.Ca.K.Mg.Mn.Na.V.Zn.9H/q;;+2;+1;+2;;+1;;;;;;6*-1. The van der Waals surface area contributed by atoms with Gasteiger partial charge >= 0.3 is 142 Å². The first kappa shape index (κ1) is 73.6. The Kier molecular flexibility index (Phi) is 491. The molecule has 0 aromatic carbocycles. The van der Waals surface area contributed by atoms with Gasteiger partial charge in [-0.15, -0.1) is 0 Å². The topological polar surface area (TPSA) is 0 Å². The first-order valence-corrected chi connectivity index (χ1v) is 0. The molecular weight excluding hydrogens is 336 g/mol. The Morgan fingerprint density at radius 2 is 1.11 bits per heavy atom. The summed E-state index contributed by atoms with van der Waals surface area (Å²) in [6.45, 7) is 0. The van der Waals surface area contributed by atoms with E-state index in [1.807, 2.05) is 0 Å². The zero-order chi connectivity index (χ0) is 0. The summed E-state index contributed by atoms with van der Waals surface area (Å²) in [7, 11) is 0. The van der Waals surface area contributed by atoms with Gasteiger partial charge in [-0.1, -0.05) is 0 Å². The van der Waals surface area contributed by atoms with Crippen molar-refractivity contribution in [1.29, 1.82) is 0 Å². The summed E-state index contributed by atoms with van der Waals surface area (Å²) in [5.74, 6) is 0. The minimum Gasteiger partial charge on any atom is -1.00 e. The van der Waals surface area contributed by atoms with Crippen LogP contribution in [0.3, 0.4) is 0 Å². The Morgan fingerprint density at radius 1 is 1.11 bits per heavy atom.